The molecule has 0 fully saturated rings. The summed E-state index contributed by atoms with van der Waals surface area (Å²) in [5.74, 6) is 0.825. The Bertz CT molecular complexity index is 874. The van der Waals surface area contributed by atoms with Gasteiger partial charge in [-0.15, -0.1) is 0 Å². The van der Waals surface area contributed by atoms with E-state index in [9.17, 15) is 4.79 Å². The van der Waals surface area contributed by atoms with E-state index in [0.29, 0.717) is 10.6 Å². The summed E-state index contributed by atoms with van der Waals surface area (Å²) in [6, 6.07) is 17.2. The third-order valence-electron chi connectivity index (χ3n) is 4.33. The van der Waals surface area contributed by atoms with Crippen LogP contribution in [-0.2, 0) is 6.54 Å². The standard InChI is InChI=1S/C21H21ClN2O2/c1-14-12-18(9-10-19(14)22)24-21(25)17-7-5-16(6-8-17)13-23-15(2)20-4-3-11-26-20/h3-12,15,23H,13H2,1-2H3,(H,24,25)/p+1/t15-/m1/s1. The zero-order valence-corrected chi connectivity index (χ0v) is 15.6. The minimum Gasteiger partial charge on any atom is -0.463 e. The summed E-state index contributed by atoms with van der Waals surface area (Å²) in [7, 11) is 0. The van der Waals surface area contributed by atoms with Crippen LogP contribution in [0, 0.1) is 6.92 Å². The van der Waals surface area contributed by atoms with Gasteiger partial charge < -0.3 is 15.1 Å². The smallest absolute Gasteiger partial charge is 0.255 e. The molecule has 0 radical (unpaired) electrons. The predicted octanol–water partition coefficient (Wildman–Crippen LogP) is 4.32. The van der Waals surface area contributed by atoms with Crippen LogP contribution in [0.25, 0.3) is 0 Å². The molecule has 0 saturated carbocycles. The van der Waals surface area contributed by atoms with E-state index < -0.39 is 0 Å². The first-order chi connectivity index (χ1) is 12.5. The van der Waals surface area contributed by atoms with Crippen molar-refractivity contribution in [2.24, 2.45) is 0 Å². The molecule has 1 heterocycles. The lowest BCUT2D eigenvalue weighted by Crippen LogP contribution is -2.82. The van der Waals surface area contributed by atoms with Crippen molar-refractivity contribution in [1.82, 2.24) is 0 Å². The zero-order chi connectivity index (χ0) is 18.5. The second-order valence-electron chi connectivity index (χ2n) is 6.36. The molecule has 3 N–H and O–H groups in total. The predicted molar refractivity (Wildman–Crippen MR) is 103 cm³/mol. The molecular formula is C21H22ClN2O2+. The highest BCUT2D eigenvalue weighted by molar-refractivity contribution is 6.31. The monoisotopic (exact) mass is 369 g/mol. The van der Waals surface area contributed by atoms with Gasteiger partial charge in [-0.25, -0.2) is 0 Å². The average Bonchev–Trinajstić information content (AvgIpc) is 3.18. The van der Waals surface area contributed by atoms with Gasteiger partial charge in [-0.05, 0) is 61.9 Å². The summed E-state index contributed by atoms with van der Waals surface area (Å²) in [5, 5.41) is 5.78. The highest BCUT2D eigenvalue weighted by Crippen LogP contribution is 2.20. The van der Waals surface area contributed by atoms with Gasteiger partial charge in [0.15, 0.2) is 5.76 Å². The van der Waals surface area contributed by atoms with Crippen LogP contribution in [0.5, 0.6) is 0 Å². The molecule has 0 aliphatic rings. The Hall–Kier alpha value is -2.56. The van der Waals surface area contributed by atoms with E-state index >= 15 is 0 Å². The molecule has 4 nitrogen and oxygen atoms in total. The fraction of sp³-hybridized carbons (Fsp3) is 0.190. The Kier molecular flexibility index (Phi) is 5.76. The van der Waals surface area contributed by atoms with Crippen molar-refractivity contribution < 1.29 is 14.5 Å². The lowest BCUT2D eigenvalue weighted by Gasteiger charge is -2.09. The summed E-state index contributed by atoms with van der Waals surface area (Å²) < 4.78 is 5.41. The number of aryl methyl sites for hydroxylation is 1. The minimum atomic E-state index is -0.133. The van der Waals surface area contributed by atoms with Crippen LogP contribution in [0.15, 0.2) is 65.3 Å². The van der Waals surface area contributed by atoms with Crippen molar-refractivity contribution in [3.63, 3.8) is 0 Å². The van der Waals surface area contributed by atoms with E-state index in [1.165, 1.54) is 0 Å². The normalized spacial score (nSPS) is 12.0. The number of quaternary nitrogens is 1. The molecule has 1 aromatic heterocycles. The van der Waals surface area contributed by atoms with Crippen LogP contribution in [0.3, 0.4) is 0 Å². The minimum absolute atomic E-state index is 0.133. The number of hydrogen-bond acceptors (Lipinski definition) is 2. The summed E-state index contributed by atoms with van der Waals surface area (Å²) in [4.78, 5) is 12.4. The number of amides is 1. The fourth-order valence-corrected chi connectivity index (χ4v) is 2.81. The van der Waals surface area contributed by atoms with Gasteiger partial charge in [0, 0.05) is 21.8 Å². The molecule has 0 aliphatic carbocycles. The Morgan fingerprint density at radius 3 is 2.62 bits per heavy atom. The maximum absolute atomic E-state index is 12.4. The van der Waals surface area contributed by atoms with E-state index in [1.807, 2.05) is 49.4 Å². The summed E-state index contributed by atoms with van der Waals surface area (Å²) in [6.45, 7) is 4.84. The molecule has 0 spiro atoms. The van der Waals surface area contributed by atoms with Crippen LogP contribution in [0.2, 0.25) is 5.02 Å². The van der Waals surface area contributed by atoms with Crippen molar-refractivity contribution in [3.8, 4) is 0 Å². The molecule has 1 atom stereocenters. The number of anilines is 1. The highest BCUT2D eigenvalue weighted by atomic mass is 35.5. The van der Waals surface area contributed by atoms with Crippen LogP contribution >= 0.6 is 11.6 Å². The van der Waals surface area contributed by atoms with Gasteiger partial charge in [-0.3, -0.25) is 4.79 Å². The van der Waals surface area contributed by atoms with E-state index in [2.05, 4.69) is 17.6 Å². The molecule has 0 aliphatic heterocycles. The number of carbonyl (C=O) groups excluding carboxylic acids is 1. The fourth-order valence-electron chi connectivity index (χ4n) is 2.70. The number of nitrogens with one attached hydrogen (secondary N) is 1. The van der Waals surface area contributed by atoms with Crippen molar-refractivity contribution in [3.05, 3.63) is 88.3 Å². The van der Waals surface area contributed by atoms with E-state index in [0.717, 1.165) is 29.1 Å². The molecule has 2 aromatic carbocycles. The molecule has 3 rings (SSSR count). The molecule has 0 bridgehead atoms. The van der Waals surface area contributed by atoms with E-state index in [4.69, 9.17) is 16.0 Å². The molecule has 3 aromatic rings. The summed E-state index contributed by atoms with van der Waals surface area (Å²) in [6.07, 6.45) is 1.69. The third kappa shape index (κ3) is 4.54. The second kappa shape index (κ2) is 8.21. The first-order valence-electron chi connectivity index (χ1n) is 8.56. The van der Waals surface area contributed by atoms with Gasteiger partial charge in [-0.2, -0.15) is 0 Å². The maximum Gasteiger partial charge on any atom is 0.255 e. The summed E-state index contributed by atoms with van der Waals surface area (Å²) >= 11 is 6.01. The first kappa shape index (κ1) is 18.2. The van der Waals surface area contributed by atoms with Crippen LogP contribution in [0.1, 0.15) is 40.2 Å². The zero-order valence-electron chi connectivity index (χ0n) is 14.8. The third-order valence-corrected chi connectivity index (χ3v) is 4.76. The van der Waals surface area contributed by atoms with Gasteiger partial charge in [0.25, 0.3) is 5.91 Å². The molecule has 1 amide bonds. The summed E-state index contributed by atoms with van der Waals surface area (Å²) in [5.41, 5.74) is 3.45. The van der Waals surface area contributed by atoms with Crippen LogP contribution in [-0.4, -0.2) is 5.91 Å². The number of hydrogen-bond donors (Lipinski definition) is 2. The molecule has 0 saturated heterocycles. The maximum atomic E-state index is 12.4. The highest BCUT2D eigenvalue weighted by Gasteiger charge is 2.12. The number of rotatable bonds is 6. The van der Waals surface area contributed by atoms with Crippen molar-refractivity contribution >= 4 is 23.2 Å². The Morgan fingerprint density at radius 2 is 1.96 bits per heavy atom. The molecule has 134 valence electrons. The lowest BCUT2D eigenvalue weighted by atomic mass is 10.1. The van der Waals surface area contributed by atoms with Gasteiger partial charge in [0.05, 0.1) is 6.26 Å². The van der Waals surface area contributed by atoms with Crippen LogP contribution < -0.4 is 10.6 Å². The van der Waals surface area contributed by atoms with Crippen molar-refractivity contribution in [2.75, 3.05) is 5.32 Å². The number of furan rings is 1. The van der Waals surface area contributed by atoms with E-state index in [-0.39, 0.29) is 11.9 Å². The molecule has 5 heteroatoms. The SMILES string of the molecule is Cc1cc(NC(=O)c2ccc(C[NH2+][C@H](C)c3ccco3)cc2)ccc1Cl. The second-order valence-corrected chi connectivity index (χ2v) is 6.77. The van der Waals surface area contributed by atoms with E-state index in [1.54, 1.807) is 18.4 Å². The molecular weight excluding hydrogens is 348 g/mol. The number of carbonyl (C=O) groups is 1. The Morgan fingerprint density at radius 1 is 1.19 bits per heavy atom. The lowest BCUT2D eigenvalue weighted by molar-refractivity contribution is -0.709. The number of benzene rings is 2. The van der Waals surface area contributed by atoms with Gasteiger partial charge in [-0.1, -0.05) is 23.7 Å². The number of halogens is 1. The largest absolute Gasteiger partial charge is 0.463 e. The van der Waals surface area contributed by atoms with Crippen LogP contribution in [0.4, 0.5) is 5.69 Å². The molecule has 26 heavy (non-hydrogen) atoms. The molecule has 0 unspecified atom stereocenters. The van der Waals surface area contributed by atoms with Crippen molar-refractivity contribution in [2.45, 2.75) is 26.4 Å². The topological polar surface area (TPSA) is 58.9 Å². The number of nitrogens with two attached hydrogens (primary N) is 1. The Balaban J connectivity index is 1.58. The van der Waals surface area contributed by atoms with Gasteiger partial charge in [0.1, 0.15) is 12.6 Å². The van der Waals surface area contributed by atoms with Crippen molar-refractivity contribution in [1.29, 1.82) is 0 Å². The first-order valence-corrected chi connectivity index (χ1v) is 8.94. The quantitative estimate of drug-likeness (QED) is 0.679. The van der Waals surface area contributed by atoms with Gasteiger partial charge in [0.2, 0.25) is 0 Å². The Labute approximate surface area is 158 Å². The van der Waals surface area contributed by atoms with Gasteiger partial charge >= 0.3 is 0 Å². The average molecular weight is 370 g/mol.